The normalized spacial score (nSPS) is 14.1. The number of hydrogen-bond acceptors (Lipinski definition) is 3. The number of aromatic nitrogens is 1. The lowest BCUT2D eigenvalue weighted by Crippen LogP contribution is -2.35. The van der Waals surface area contributed by atoms with Crippen molar-refractivity contribution in [3.63, 3.8) is 0 Å². The zero-order valence-corrected chi connectivity index (χ0v) is 11.4. The largest absolute Gasteiger partial charge is 0.361 e. The maximum absolute atomic E-state index is 12.2. The molecule has 3 rings (SSSR count). The third-order valence-electron chi connectivity index (χ3n) is 3.75. The van der Waals surface area contributed by atoms with Gasteiger partial charge in [-0.25, -0.2) is 0 Å². The Bertz CT molecular complexity index is 577. The standard InChI is InChI=1S/C16H18N2O2/c19-16(8-4-7-13-5-2-1-3-6-13)18-10-9-15-14(12-18)11-17-20-15/h1-3,5-6,11H,4,7-10,12H2. The van der Waals surface area contributed by atoms with E-state index >= 15 is 0 Å². The minimum atomic E-state index is 0.229. The average Bonchev–Trinajstić information content (AvgIpc) is 2.95. The van der Waals surface area contributed by atoms with Crippen molar-refractivity contribution in [1.82, 2.24) is 10.1 Å². The number of carbonyl (C=O) groups is 1. The highest BCUT2D eigenvalue weighted by Crippen LogP contribution is 2.19. The zero-order chi connectivity index (χ0) is 13.8. The van der Waals surface area contributed by atoms with Gasteiger partial charge in [0.2, 0.25) is 5.91 Å². The number of hydrogen-bond donors (Lipinski definition) is 0. The van der Waals surface area contributed by atoms with Crippen molar-refractivity contribution in [3.05, 3.63) is 53.4 Å². The van der Waals surface area contributed by atoms with Crippen molar-refractivity contribution in [2.75, 3.05) is 6.54 Å². The number of fused-ring (bicyclic) bond motifs is 1. The molecule has 2 heterocycles. The molecule has 1 amide bonds. The van der Waals surface area contributed by atoms with Crippen molar-refractivity contribution in [1.29, 1.82) is 0 Å². The Morgan fingerprint density at radius 2 is 2.15 bits per heavy atom. The Kier molecular flexibility index (Phi) is 3.81. The molecular weight excluding hydrogens is 252 g/mol. The van der Waals surface area contributed by atoms with Gasteiger partial charge in [0.25, 0.3) is 0 Å². The predicted molar refractivity (Wildman–Crippen MR) is 75.0 cm³/mol. The van der Waals surface area contributed by atoms with E-state index in [-0.39, 0.29) is 5.91 Å². The van der Waals surface area contributed by atoms with Gasteiger partial charge in [0.1, 0.15) is 5.76 Å². The van der Waals surface area contributed by atoms with Gasteiger partial charge < -0.3 is 9.42 Å². The minimum Gasteiger partial charge on any atom is -0.361 e. The highest BCUT2D eigenvalue weighted by Gasteiger charge is 2.22. The van der Waals surface area contributed by atoms with Gasteiger partial charge in [0.15, 0.2) is 0 Å². The fourth-order valence-corrected chi connectivity index (χ4v) is 2.60. The topological polar surface area (TPSA) is 46.3 Å². The van der Waals surface area contributed by atoms with Crippen LogP contribution in [0.5, 0.6) is 0 Å². The second-order valence-electron chi connectivity index (χ2n) is 5.18. The first-order valence-corrected chi connectivity index (χ1v) is 7.07. The minimum absolute atomic E-state index is 0.229. The molecule has 20 heavy (non-hydrogen) atoms. The van der Waals surface area contributed by atoms with Crippen LogP contribution in [0.2, 0.25) is 0 Å². The Morgan fingerprint density at radius 1 is 1.30 bits per heavy atom. The number of aryl methyl sites for hydroxylation is 1. The number of nitrogens with zero attached hydrogens (tertiary/aromatic N) is 2. The van der Waals surface area contributed by atoms with E-state index in [2.05, 4.69) is 17.3 Å². The summed E-state index contributed by atoms with van der Waals surface area (Å²) in [6.45, 7) is 1.38. The zero-order valence-electron chi connectivity index (χ0n) is 11.4. The monoisotopic (exact) mass is 270 g/mol. The molecule has 2 aromatic rings. The molecule has 0 bridgehead atoms. The summed E-state index contributed by atoms with van der Waals surface area (Å²) in [7, 11) is 0. The van der Waals surface area contributed by atoms with Gasteiger partial charge in [-0.2, -0.15) is 0 Å². The molecule has 0 saturated heterocycles. The van der Waals surface area contributed by atoms with Crippen LogP contribution in [-0.2, 0) is 24.2 Å². The molecule has 1 aliphatic heterocycles. The first-order valence-electron chi connectivity index (χ1n) is 7.07. The van der Waals surface area contributed by atoms with E-state index in [1.165, 1.54) is 5.56 Å². The van der Waals surface area contributed by atoms with Crippen molar-refractivity contribution in [2.45, 2.75) is 32.2 Å². The molecule has 0 spiro atoms. The van der Waals surface area contributed by atoms with Crippen LogP contribution in [0.1, 0.15) is 29.7 Å². The van der Waals surface area contributed by atoms with Gasteiger partial charge in [0.05, 0.1) is 12.7 Å². The molecule has 1 aromatic heterocycles. The highest BCUT2D eigenvalue weighted by molar-refractivity contribution is 5.76. The summed E-state index contributed by atoms with van der Waals surface area (Å²) in [6.07, 6.45) is 4.96. The van der Waals surface area contributed by atoms with E-state index in [9.17, 15) is 4.79 Å². The Labute approximate surface area is 118 Å². The van der Waals surface area contributed by atoms with Crippen LogP contribution < -0.4 is 0 Å². The SMILES string of the molecule is O=C(CCCc1ccccc1)N1CCc2oncc2C1. The lowest BCUT2D eigenvalue weighted by atomic mass is 10.1. The van der Waals surface area contributed by atoms with Crippen LogP contribution in [-0.4, -0.2) is 22.5 Å². The van der Waals surface area contributed by atoms with Gasteiger partial charge in [-0.1, -0.05) is 35.5 Å². The van der Waals surface area contributed by atoms with Gasteiger partial charge in [-0.15, -0.1) is 0 Å². The van der Waals surface area contributed by atoms with Crippen LogP contribution in [0, 0.1) is 0 Å². The van der Waals surface area contributed by atoms with E-state index in [4.69, 9.17) is 4.52 Å². The predicted octanol–water partition coefficient (Wildman–Crippen LogP) is 2.58. The molecule has 0 fully saturated rings. The number of carbonyl (C=O) groups excluding carboxylic acids is 1. The molecule has 0 unspecified atom stereocenters. The van der Waals surface area contributed by atoms with Crippen molar-refractivity contribution < 1.29 is 9.32 Å². The molecule has 1 aromatic carbocycles. The summed E-state index contributed by atoms with van der Waals surface area (Å²) in [5.41, 5.74) is 2.34. The number of rotatable bonds is 4. The maximum Gasteiger partial charge on any atom is 0.222 e. The summed E-state index contributed by atoms with van der Waals surface area (Å²) >= 11 is 0. The summed E-state index contributed by atoms with van der Waals surface area (Å²) in [5.74, 6) is 1.16. The van der Waals surface area contributed by atoms with Crippen LogP contribution >= 0.6 is 0 Å². The molecular formula is C16H18N2O2. The lowest BCUT2D eigenvalue weighted by Gasteiger charge is -2.25. The molecule has 4 heteroatoms. The molecule has 0 aliphatic carbocycles. The molecule has 4 nitrogen and oxygen atoms in total. The van der Waals surface area contributed by atoms with E-state index in [1.807, 2.05) is 23.1 Å². The van der Waals surface area contributed by atoms with Crippen molar-refractivity contribution in [3.8, 4) is 0 Å². The summed E-state index contributed by atoms with van der Waals surface area (Å²) in [6, 6.07) is 10.3. The van der Waals surface area contributed by atoms with Crippen molar-refractivity contribution in [2.24, 2.45) is 0 Å². The Morgan fingerprint density at radius 3 is 3.00 bits per heavy atom. The second-order valence-corrected chi connectivity index (χ2v) is 5.18. The van der Waals surface area contributed by atoms with Gasteiger partial charge in [0, 0.05) is 24.9 Å². The van der Waals surface area contributed by atoms with E-state index in [0.717, 1.165) is 37.1 Å². The number of amides is 1. The van der Waals surface area contributed by atoms with Gasteiger partial charge >= 0.3 is 0 Å². The van der Waals surface area contributed by atoms with E-state index in [1.54, 1.807) is 6.20 Å². The first-order chi connectivity index (χ1) is 9.83. The Hall–Kier alpha value is -2.10. The third kappa shape index (κ3) is 2.90. The molecule has 0 atom stereocenters. The highest BCUT2D eigenvalue weighted by atomic mass is 16.5. The summed E-state index contributed by atoms with van der Waals surface area (Å²) in [5, 5.41) is 3.79. The van der Waals surface area contributed by atoms with E-state index in [0.29, 0.717) is 13.0 Å². The maximum atomic E-state index is 12.2. The molecule has 0 saturated carbocycles. The Balaban J connectivity index is 1.48. The van der Waals surface area contributed by atoms with Crippen LogP contribution in [0.3, 0.4) is 0 Å². The molecule has 0 N–H and O–H groups in total. The first kappa shape index (κ1) is 12.9. The summed E-state index contributed by atoms with van der Waals surface area (Å²) < 4.78 is 5.14. The third-order valence-corrected chi connectivity index (χ3v) is 3.75. The average molecular weight is 270 g/mol. The lowest BCUT2D eigenvalue weighted by molar-refractivity contribution is -0.132. The molecule has 104 valence electrons. The number of benzene rings is 1. The van der Waals surface area contributed by atoms with Gasteiger partial charge in [-0.3, -0.25) is 4.79 Å². The fourth-order valence-electron chi connectivity index (χ4n) is 2.60. The smallest absolute Gasteiger partial charge is 0.222 e. The van der Waals surface area contributed by atoms with Gasteiger partial charge in [-0.05, 0) is 18.4 Å². The fraction of sp³-hybridized carbons (Fsp3) is 0.375. The molecule has 1 aliphatic rings. The second kappa shape index (κ2) is 5.90. The van der Waals surface area contributed by atoms with Crippen LogP contribution in [0.25, 0.3) is 0 Å². The van der Waals surface area contributed by atoms with E-state index < -0.39 is 0 Å². The quantitative estimate of drug-likeness (QED) is 0.858. The summed E-state index contributed by atoms with van der Waals surface area (Å²) in [4.78, 5) is 14.1. The van der Waals surface area contributed by atoms with Crippen LogP contribution in [0.4, 0.5) is 0 Å². The van der Waals surface area contributed by atoms with Crippen LogP contribution in [0.15, 0.2) is 41.1 Å². The van der Waals surface area contributed by atoms with Crippen molar-refractivity contribution >= 4 is 5.91 Å². The molecule has 0 radical (unpaired) electrons.